The smallest absolute Gasteiger partial charge is 0.257 e. The molecule has 2 nitrogen and oxygen atoms in total. The highest BCUT2D eigenvalue weighted by molar-refractivity contribution is 6.48. The van der Waals surface area contributed by atoms with Crippen LogP contribution < -0.4 is 5.32 Å². The van der Waals surface area contributed by atoms with Gasteiger partial charge in [-0.3, -0.25) is 4.79 Å². The van der Waals surface area contributed by atoms with Crippen LogP contribution in [0.2, 0.25) is 25.1 Å². The number of amides is 1. The number of hydrogen-bond acceptors (Lipinski definition) is 1. The zero-order chi connectivity index (χ0) is 14.9. The molecule has 1 amide bonds. The van der Waals surface area contributed by atoms with Crippen molar-refractivity contribution in [3.8, 4) is 0 Å². The summed E-state index contributed by atoms with van der Waals surface area (Å²) in [6.45, 7) is 0. The zero-order valence-electron chi connectivity index (χ0n) is 9.68. The maximum atomic E-state index is 12.1. The van der Waals surface area contributed by atoms with E-state index in [1.807, 2.05) is 0 Å². The van der Waals surface area contributed by atoms with Gasteiger partial charge in [0.25, 0.3) is 5.91 Å². The van der Waals surface area contributed by atoms with Gasteiger partial charge in [-0.05, 0) is 30.3 Å². The van der Waals surface area contributed by atoms with Crippen LogP contribution >= 0.6 is 58.0 Å². The SMILES string of the molecule is O=C(Nc1cc(Cl)c(Cl)c(Cl)c1)c1ccc(Cl)cc1Cl. The molecule has 0 aromatic heterocycles. The Kier molecular flexibility index (Phi) is 5.05. The number of halogens is 5. The van der Waals surface area contributed by atoms with Gasteiger partial charge in [0.2, 0.25) is 0 Å². The number of rotatable bonds is 2. The first-order valence-electron chi connectivity index (χ1n) is 5.29. The van der Waals surface area contributed by atoms with Crippen LogP contribution in [0.4, 0.5) is 5.69 Å². The first-order valence-corrected chi connectivity index (χ1v) is 7.18. The minimum Gasteiger partial charge on any atom is -0.322 e. The Bertz CT molecular complexity index is 663. The third-order valence-electron chi connectivity index (χ3n) is 2.42. The summed E-state index contributed by atoms with van der Waals surface area (Å²) in [5.41, 5.74) is 0.707. The van der Waals surface area contributed by atoms with Crippen LogP contribution in [0.1, 0.15) is 10.4 Å². The Hall–Kier alpha value is -0.640. The second-order valence-electron chi connectivity index (χ2n) is 3.83. The standard InChI is InChI=1S/C13H6Cl5NO/c14-6-1-2-8(9(15)3-6)13(20)19-7-4-10(16)12(18)11(17)5-7/h1-5H,(H,19,20). The van der Waals surface area contributed by atoms with Crippen LogP contribution in [-0.2, 0) is 0 Å². The molecule has 104 valence electrons. The van der Waals surface area contributed by atoms with Gasteiger partial charge in [0.15, 0.2) is 0 Å². The Labute approximate surface area is 140 Å². The van der Waals surface area contributed by atoms with Crippen molar-refractivity contribution in [2.45, 2.75) is 0 Å². The molecule has 0 aliphatic carbocycles. The molecule has 0 bridgehead atoms. The normalized spacial score (nSPS) is 10.4. The van der Waals surface area contributed by atoms with Crippen LogP contribution in [0.25, 0.3) is 0 Å². The highest BCUT2D eigenvalue weighted by Gasteiger charge is 2.13. The molecule has 0 radical (unpaired) electrons. The first kappa shape index (κ1) is 15.7. The molecule has 0 heterocycles. The average molecular weight is 369 g/mol. The van der Waals surface area contributed by atoms with E-state index >= 15 is 0 Å². The molecule has 0 aliphatic heterocycles. The minimum absolute atomic E-state index is 0.232. The Morgan fingerprint density at radius 3 is 2.00 bits per heavy atom. The molecule has 2 aromatic rings. The molecule has 2 rings (SSSR count). The van der Waals surface area contributed by atoms with Crippen molar-refractivity contribution in [1.29, 1.82) is 0 Å². The van der Waals surface area contributed by atoms with Crippen molar-refractivity contribution in [2.75, 3.05) is 5.32 Å². The third kappa shape index (κ3) is 3.51. The van der Waals surface area contributed by atoms with Crippen LogP contribution in [-0.4, -0.2) is 5.91 Å². The summed E-state index contributed by atoms with van der Waals surface area (Å²) in [6, 6.07) is 7.58. The zero-order valence-corrected chi connectivity index (χ0v) is 13.5. The lowest BCUT2D eigenvalue weighted by Crippen LogP contribution is -2.12. The van der Waals surface area contributed by atoms with Gasteiger partial charge in [-0.2, -0.15) is 0 Å². The highest BCUT2D eigenvalue weighted by Crippen LogP contribution is 2.33. The minimum atomic E-state index is -0.402. The summed E-state index contributed by atoms with van der Waals surface area (Å²) in [6.07, 6.45) is 0. The second-order valence-corrected chi connectivity index (χ2v) is 5.87. The van der Waals surface area contributed by atoms with Crippen molar-refractivity contribution in [1.82, 2.24) is 0 Å². The maximum absolute atomic E-state index is 12.1. The molecule has 0 fully saturated rings. The molecule has 0 atom stereocenters. The molecule has 0 saturated heterocycles. The molecule has 20 heavy (non-hydrogen) atoms. The lowest BCUT2D eigenvalue weighted by Gasteiger charge is -2.09. The Morgan fingerprint density at radius 1 is 0.850 bits per heavy atom. The van der Waals surface area contributed by atoms with Gasteiger partial charge in [-0.15, -0.1) is 0 Å². The fraction of sp³-hybridized carbons (Fsp3) is 0. The monoisotopic (exact) mass is 367 g/mol. The molecular formula is C13H6Cl5NO. The van der Waals surface area contributed by atoms with Crippen LogP contribution in [0.5, 0.6) is 0 Å². The Morgan fingerprint density at radius 2 is 1.45 bits per heavy atom. The van der Waals surface area contributed by atoms with Gasteiger partial charge < -0.3 is 5.32 Å². The maximum Gasteiger partial charge on any atom is 0.257 e. The van der Waals surface area contributed by atoms with Gasteiger partial charge in [-0.1, -0.05) is 58.0 Å². The van der Waals surface area contributed by atoms with Crippen LogP contribution in [0.3, 0.4) is 0 Å². The van der Waals surface area contributed by atoms with E-state index in [0.29, 0.717) is 16.3 Å². The molecular weight excluding hydrogens is 363 g/mol. The van der Waals surface area contributed by atoms with Crippen LogP contribution in [0, 0.1) is 0 Å². The second kappa shape index (κ2) is 6.42. The molecule has 0 spiro atoms. The number of hydrogen-bond donors (Lipinski definition) is 1. The largest absolute Gasteiger partial charge is 0.322 e. The van der Waals surface area contributed by atoms with E-state index in [-0.39, 0.29) is 20.1 Å². The summed E-state index contributed by atoms with van der Waals surface area (Å²) < 4.78 is 0. The van der Waals surface area contributed by atoms with Gasteiger partial charge >= 0.3 is 0 Å². The van der Waals surface area contributed by atoms with Gasteiger partial charge in [0.1, 0.15) is 0 Å². The molecule has 0 aliphatic rings. The van der Waals surface area contributed by atoms with E-state index in [1.165, 1.54) is 24.3 Å². The predicted octanol–water partition coefficient (Wildman–Crippen LogP) is 6.21. The lowest BCUT2D eigenvalue weighted by molar-refractivity contribution is 0.102. The Balaban J connectivity index is 2.28. The van der Waals surface area contributed by atoms with Crippen molar-refractivity contribution in [3.05, 3.63) is 61.0 Å². The quantitative estimate of drug-likeness (QED) is 0.627. The summed E-state index contributed by atoms with van der Waals surface area (Å²) in [5.74, 6) is -0.402. The average Bonchev–Trinajstić information content (AvgIpc) is 2.35. The highest BCUT2D eigenvalue weighted by atomic mass is 35.5. The van der Waals surface area contributed by atoms with E-state index in [0.717, 1.165) is 0 Å². The number of nitrogens with one attached hydrogen (secondary N) is 1. The summed E-state index contributed by atoms with van der Waals surface area (Å²) >= 11 is 29.3. The third-order valence-corrected chi connectivity index (χ3v) is 4.16. The van der Waals surface area contributed by atoms with Crippen molar-refractivity contribution in [2.24, 2.45) is 0 Å². The van der Waals surface area contributed by atoms with Crippen molar-refractivity contribution in [3.63, 3.8) is 0 Å². The summed E-state index contributed by atoms with van der Waals surface area (Å²) in [7, 11) is 0. The van der Waals surface area contributed by atoms with Crippen LogP contribution in [0.15, 0.2) is 30.3 Å². The number of carbonyl (C=O) groups excluding carboxylic acids is 1. The fourth-order valence-corrected chi connectivity index (χ4v) is 2.59. The van der Waals surface area contributed by atoms with Crippen molar-refractivity contribution < 1.29 is 4.79 Å². The summed E-state index contributed by atoms with van der Waals surface area (Å²) in [5, 5.41) is 4.06. The summed E-state index contributed by atoms with van der Waals surface area (Å²) in [4.78, 5) is 12.1. The molecule has 0 unspecified atom stereocenters. The molecule has 7 heteroatoms. The number of benzene rings is 2. The first-order chi connectivity index (χ1) is 9.38. The topological polar surface area (TPSA) is 29.1 Å². The van der Waals surface area contributed by atoms with E-state index in [9.17, 15) is 4.79 Å². The van der Waals surface area contributed by atoms with E-state index < -0.39 is 5.91 Å². The molecule has 1 N–H and O–H groups in total. The van der Waals surface area contributed by atoms with E-state index in [1.54, 1.807) is 6.07 Å². The number of carbonyl (C=O) groups is 1. The lowest BCUT2D eigenvalue weighted by atomic mass is 10.2. The fourth-order valence-electron chi connectivity index (χ4n) is 1.50. The van der Waals surface area contributed by atoms with Gasteiger partial charge in [-0.25, -0.2) is 0 Å². The van der Waals surface area contributed by atoms with Gasteiger partial charge in [0.05, 0.1) is 25.7 Å². The molecule has 2 aromatic carbocycles. The number of anilines is 1. The van der Waals surface area contributed by atoms with E-state index in [2.05, 4.69) is 5.32 Å². The van der Waals surface area contributed by atoms with E-state index in [4.69, 9.17) is 58.0 Å². The molecule has 0 saturated carbocycles. The predicted molar refractivity (Wildman–Crippen MR) is 85.9 cm³/mol. The van der Waals surface area contributed by atoms with Gasteiger partial charge in [0, 0.05) is 10.7 Å². The van der Waals surface area contributed by atoms with Crippen molar-refractivity contribution >= 4 is 69.6 Å².